The van der Waals surface area contributed by atoms with Crippen LogP contribution in [0.4, 0.5) is 0 Å². The number of likely N-dealkylation sites (tertiary alicyclic amines) is 1. The van der Waals surface area contributed by atoms with Crippen molar-refractivity contribution >= 4 is 5.97 Å². The minimum Gasteiger partial charge on any atom is -0.480 e. The smallest absolute Gasteiger partial charge is 0.324 e. The minimum atomic E-state index is -0.598. The lowest BCUT2D eigenvalue weighted by Gasteiger charge is -2.39. The van der Waals surface area contributed by atoms with E-state index in [4.69, 9.17) is 0 Å². The summed E-state index contributed by atoms with van der Waals surface area (Å²) in [6, 6.07) is 0.482. The summed E-state index contributed by atoms with van der Waals surface area (Å²) in [6.07, 6.45) is 8.78. The zero-order chi connectivity index (χ0) is 15.7. The Hall–Kier alpha value is -0.570. The number of carboxylic acid groups (broad SMARTS) is 1. The van der Waals surface area contributed by atoms with Crippen molar-refractivity contribution in [2.75, 3.05) is 6.54 Å². The van der Waals surface area contributed by atoms with Crippen molar-refractivity contribution in [2.24, 2.45) is 11.3 Å². The topological polar surface area (TPSA) is 40.5 Å². The Bertz CT molecular complexity index is 374. The second-order valence-corrected chi connectivity index (χ2v) is 8.21. The van der Waals surface area contributed by atoms with Gasteiger partial charge in [0, 0.05) is 6.04 Å². The fourth-order valence-electron chi connectivity index (χ4n) is 4.65. The fraction of sp³-hybridized carbons (Fsp3) is 0.944. The summed E-state index contributed by atoms with van der Waals surface area (Å²) in [5, 5.41) is 9.77. The van der Waals surface area contributed by atoms with Crippen LogP contribution in [-0.2, 0) is 4.79 Å². The van der Waals surface area contributed by atoms with Gasteiger partial charge in [-0.15, -0.1) is 0 Å². The van der Waals surface area contributed by atoms with Crippen molar-refractivity contribution in [2.45, 2.75) is 90.6 Å². The highest BCUT2D eigenvalue weighted by molar-refractivity contribution is 5.79. The predicted octanol–water partition coefficient (Wildman–Crippen LogP) is 4.31. The first-order valence-corrected chi connectivity index (χ1v) is 8.81. The van der Waals surface area contributed by atoms with E-state index in [2.05, 4.69) is 25.7 Å². The van der Waals surface area contributed by atoms with Crippen LogP contribution in [0.3, 0.4) is 0 Å². The van der Waals surface area contributed by atoms with E-state index >= 15 is 0 Å². The molecule has 1 N–H and O–H groups in total. The van der Waals surface area contributed by atoms with Gasteiger partial charge in [0.2, 0.25) is 0 Å². The lowest BCUT2D eigenvalue weighted by atomic mass is 9.76. The van der Waals surface area contributed by atoms with Gasteiger partial charge in [0.1, 0.15) is 5.54 Å². The summed E-state index contributed by atoms with van der Waals surface area (Å²) in [4.78, 5) is 14.2. The lowest BCUT2D eigenvalue weighted by Crippen LogP contribution is -2.54. The van der Waals surface area contributed by atoms with E-state index in [1.165, 1.54) is 32.1 Å². The number of nitrogens with zero attached hydrogens (tertiary/aromatic N) is 1. The molecule has 0 spiro atoms. The molecule has 21 heavy (non-hydrogen) atoms. The second kappa shape index (κ2) is 6.28. The fourth-order valence-corrected chi connectivity index (χ4v) is 4.65. The molecule has 0 aromatic carbocycles. The molecule has 0 bridgehead atoms. The molecule has 1 saturated heterocycles. The summed E-state index contributed by atoms with van der Waals surface area (Å²) in [5.74, 6) is 0.185. The average molecular weight is 295 g/mol. The van der Waals surface area contributed by atoms with Crippen molar-refractivity contribution in [1.29, 1.82) is 0 Å². The third-order valence-electron chi connectivity index (χ3n) is 6.13. The van der Waals surface area contributed by atoms with Gasteiger partial charge in [-0.05, 0) is 62.8 Å². The first-order chi connectivity index (χ1) is 9.81. The first-order valence-electron chi connectivity index (χ1n) is 8.81. The SMILES string of the molecule is CCC1(C(=O)O)CCCN1C1CCCC(C(C)(C)C)CC1. The maximum absolute atomic E-state index is 11.9. The quantitative estimate of drug-likeness (QED) is 0.789. The monoisotopic (exact) mass is 295 g/mol. The Balaban J connectivity index is 2.10. The molecule has 1 saturated carbocycles. The second-order valence-electron chi connectivity index (χ2n) is 8.21. The molecule has 122 valence electrons. The zero-order valence-electron chi connectivity index (χ0n) is 14.3. The van der Waals surface area contributed by atoms with Gasteiger partial charge in [-0.25, -0.2) is 0 Å². The van der Waals surface area contributed by atoms with Crippen LogP contribution >= 0.6 is 0 Å². The Morgan fingerprint density at radius 2 is 1.90 bits per heavy atom. The molecule has 2 rings (SSSR count). The van der Waals surface area contributed by atoms with Gasteiger partial charge < -0.3 is 5.11 Å². The molecule has 3 heteroatoms. The van der Waals surface area contributed by atoms with Crippen LogP contribution in [0.25, 0.3) is 0 Å². The normalized spacial score (nSPS) is 35.6. The highest BCUT2D eigenvalue weighted by atomic mass is 16.4. The van der Waals surface area contributed by atoms with Crippen molar-refractivity contribution in [3.8, 4) is 0 Å². The van der Waals surface area contributed by atoms with E-state index < -0.39 is 11.5 Å². The highest BCUT2D eigenvalue weighted by Crippen LogP contribution is 2.42. The molecule has 3 nitrogen and oxygen atoms in total. The first kappa shape index (κ1) is 16.8. The molecule has 1 heterocycles. The largest absolute Gasteiger partial charge is 0.480 e. The third-order valence-corrected chi connectivity index (χ3v) is 6.13. The molecular formula is C18H33NO2. The molecule has 0 aromatic rings. The maximum Gasteiger partial charge on any atom is 0.324 e. The Labute approximate surface area is 130 Å². The molecule has 3 atom stereocenters. The summed E-state index contributed by atoms with van der Waals surface area (Å²) in [5.41, 5.74) is -0.194. The molecule has 1 aliphatic carbocycles. The van der Waals surface area contributed by atoms with E-state index in [-0.39, 0.29) is 0 Å². The summed E-state index contributed by atoms with van der Waals surface area (Å²) >= 11 is 0. The molecule has 0 amide bonds. The van der Waals surface area contributed by atoms with Crippen molar-refractivity contribution < 1.29 is 9.90 Å². The van der Waals surface area contributed by atoms with Crippen LogP contribution in [0.5, 0.6) is 0 Å². The Kier molecular flexibility index (Phi) is 5.02. The van der Waals surface area contributed by atoms with Gasteiger partial charge >= 0.3 is 5.97 Å². The molecule has 2 aliphatic rings. The van der Waals surface area contributed by atoms with E-state index in [9.17, 15) is 9.90 Å². The van der Waals surface area contributed by atoms with Gasteiger partial charge in [0.15, 0.2) is 0 Å². The van der Waals surface area contributed by atoms with Crippen LogP contribution in [0.2, 0.25) is 0 Å². The minimum absolute atomic E-state index is 0.383. The highest BCUT2D eigenvalue weighted by Gasteiger charge is 2.49. The maximum atomic E-state index is 11.9. The lowest BCUT2D eigenvalue weighted by molar-refractivity contribution is -0.151. The van der Waals surface area contributed by atoms with Crippen LogP contribution < -0.4 is 0 Å². The van der Waals surface area contributed by atoms with Gasteiger partial charge in [0.05, 0.1) is 0 Å². The number of rotatable bonds is 3. The number of carboxylic acids is 1. The van der Waals surface area contributed by atoms with Crippen LogP contribution in [0.15, 0.2) is 0 Å². The van der Waals surface area contributed by atoms with Crippen molar-refractivity contribution in [1.82, 2.24) is 4.90 Å². The molecule has 3 unspecified atom stereocenters. The summed E-state index contributed by atoms with van der Waals surface area (Å²) in [6.45, 7) is 10.1. The predicted molar refractivity (Wildman–Crippen MR) is 86.4 cm³/mol. The van der Waals surface area contributed by atoms with E-state index in [0.29, 0.717) is 11.5 Å². The summed E-state index contributed by atoms with van der Waals surface area (Å²) < 4.78 is 0. The molecule has 1 aliphatic heterocycles. The average Bonchev–Trinajstić information content (AvgIpc) is 2.68. The molecule has 0 aromatic heterocycles. The van der Waals surface area contributed by atoms with E-state index in [1.807, 2.05) is 6.92 Å². The molecular weight excluding hydrogens is 262 g/mol. The number of hydrogen-bond acceptors (Lipinski definition) is 2. The van der Waals surface area contributed by atoms with Gasteiger partial charge in [-0.3, -0.25) is 9.69 Å². The van der Waals surface area contributed by atoms with Crippen molar-refractivity contribution in [3.05, 3.63) is 0 Å². The number of aliphatic carboxylic acids is 1. The third kappa shape index (κ3) is 3.28. The van der Waals surface area contributed by atoms with Crippen LogP contribution in [0.1, 0.15) is 79.1 Å². The standard InChI is InChI=1S/C18H33NO2/c1-5-18(16(20)21)12-7-13-19(18)15-9-6-8-14(10-11-15)17(2,3)4/h14-15H,5-13H2,1-4H3,(H,20,21). The van der Waals surface area contributed by atoms with Gasteiger partial charge in [0.25, 0.3) is 0 Å². The number of carbonyl (C=O) groups is 1. The molecule has 2 fully saturated rings. The number of hydrogen-bond donors (Lipinski definition) is 1. The summed E-state index contributed by atoms with van der Waals surface area (Å²) in [7, 11) is 0. The van der Waals surface area contributed by atoms with Gasteiger partial charge in [-0.1, -0.05) is 34.1 Å². The Morgan fingerprint density at radius 3 is 2.48 bits per heavy atom. The Morgan fingerprint density at radius 1 is 1.19 bits per heavy atom. The zero-order valence-corrected chi connectivity index (χ0v) is 14.3. The van der Waals surface area contributed by atoms with Crippen molar-refractivity contribution in [3.63, 3.8) is 0 Å². The van der Waals surface area contributed by atoms with Gasteiger partial charge in [-0.2, -0.15) is 0 Å². The van der Waals surface area contributed by atoms with Crippen LogP contribution in [0, 0.1) is 11.3 Å². The van der Waals surface area contributed by atoms with E-state index in [0.717, 1.165) is 31.7 Å². The van der Waals surface area contributed by atoms with Crippen LogP contribution in [-0.4, -0.2) is 34.1 Å². The van der Waals surface area contributed by atoms with E-state index in [1.54, 1.807) is 0 Å². The molecule has 0 radical (unpaired) electrons.